The van der Waals surface area contributed by atoms with Crippen LogP contribution in [0.15, 0.2) is 30.3 Å². The third-order valence-electron chi connectivity index (χ3n) is 2.84. The van der Waals surface area contributed by atoms with Crippen LogP contribution in [0.4, 0.5) is 8.78 Å². The third kappa shape index (κ3) is 3.83. The van der Waals surface area contributed by atoms with E-state index in [4.69, 9.17) is 26.8 Å². The first-order valence-corrected chi connectivity index (χ1v) is 6.55. The maximum Gasteiger partial charge on any atom is 0.166 e. The Hall–Kier alpha value is -1.85. The predicted octanol–water partition coefficient (Wildman–Crippen LogP) is 3.66. The fourth-order valence-electron chi connectivity index (χ4n) is 1.94. The van der Waals surface area contributed by atoms with Gasteiger partial charge in [0.1, 0.15) is 18.2 Å². The fourth-order valence-corrected chi connectivity index (χ4v) is 2.17. The minimum Gasteiger partial charge on any atom is -0.493 e. The topological polar surface area (TPSA) is 44.5 Å². The number of ether oxygens (including phenoxy) is 2. The first-order chi connectivity index (χ1) is 10.0. The van der Waals surface area contributed by atoms with Crippen LogP contribution in [-0.2, 0) is 13.2 Å². The van der Waals surface area contributed by atoms with Gasteiger partial charge in [-0.3, -0.25) is 0 Å². The van der Waals surface area contributed by atoms with Gasteiger partial charge in [0, 0.05) is 29.3 Å². The van der Waals surface area contributed by atoms with Crippen molar-refractivity contribution in [3.05, 3.63) is 58.1 Å². The Morgan fingerprint density at radius 3 is 2.33 bits per heavy atom. The Morgan fingerprint density at radius 1 is 1.10 bits per heavy atom. The highest BCUT2D eigenvalue weighted by atomic mass is 35.5. The van der Waals surface area contributed by atoms with Crippen LogP contribution in [0, 0.1) is 11.6 Å². The summed E-state index contributed by atoms with van der Waals surface area (Å²) in [6, 6.07) is 6.45. The van der Waals surface area contributed by atoms with Gasteiger partial charge in [0.25, 0.3) is 0 Å². The monoisotopic (exact) mass is 313 g/mol. The average molecular weight is 314 g/mol. The van der Waals surface area contributed by atoms with Crippen molar-refractivity contribution >= 4 is 11.6 Å². The molecule has 2 aromatic carbocycles. The van der Waals surface area contributed by atoms with Gasteiger partial charge in [-0.15, -0.1) is 0 Å². The first-order valence-electron chi connectivity index (χ1n) is 6.17. The Morgan fingerprint density at radius 2 is 1.76 bits per heavy atom. The van der Waals surface area contributed by atoms with Crippen LogP contribution in [0.1, 0.15) is 11.1 Å². The lowest BCUT2D eigenvalue weighted by molar-refractivity contribution is 0.280. The second-order valence-electron chi connectivity index (χ2n) is 4.37. The summed E-state index contributed by atoms with van der Waals surface area (Å²) >= 11 is 5.95. The number of hydrogen-bond acceptors (Lipinski definition) is 3. The Kier molecular flexibility index (Phi) is 4.98. The van der Waals surface area contributed by atoms with Gasteiger partial charge in [0.15, 0.2) is 11.5 Å². The molecule has 0 spiro atoms. The lowest BCUT2D eigenvalue weighted by Gasteiger charge is -2.15. The van der Waals surface area contributed by atoms with Crippen LogP contribution in [-0.4, -0.2) is 7.11 Å². The van der Waals surface area contributed by atoms with Gasteiger partial charge in [0.05, 0.1) is 7.11 Å². The van der Waals surface area contributed by atoms with Crippen molar-refractivity contribution in [2.45, 2.75) is 13.2 Å². The second-order valence-corrected chi connectivity index (χ2v) is 4.80. The molecule has 0 amide bonds. The number of hydrogen-bond donors (Lipinski definition) is 1. The van der Waals surface area contributed by atoms with Crippen molar-refractivity contribution in [1.29, 1.82) is 0 Å². The molecule has 3 nitrogen and oxygen atoms in total. The van der Waals surface area contributed by atoms with E-state index in [0.717, 1.165) is 6.07 Å². The Labute approximate surface area is 126 Å². The molecule has 0 fully saturated rings. The van der Waals surface area contributed by atoms with E-state index in [1.54, 1.807) is 12.1 Å². The normalized spacial score (nSPS) is 10.5. The summed E-state index contributed by atoms with van der Waals surface area (Å²) < 4.78 is 37.1. The van der Waals surface area contributed by atoms with Crippen LogP contribution in [0.25, 0.3) is 0 Å². The molecule has 0 saturated heterocycles. The average Bonchev–Trinajstić information content (AvgIpc) is 2.43. The minimum atomic E-state index is -0.657. The van der Waals surface area contributed by atoms with Gasteiger partial charge < -0.3 is 15.2 Å². The molecule has 0 heterocycles. The second kappa shape index (κ2) is 6.74. The third-order valence-corrected chi connectivity index (χ3v) is 3.06. The molecule has 6 heteroatoms. The number of rotatable bonds is 5. The van der Waals surface area contributed by atoms with E-state index in [9.17, 15) is 8.78 Å². The molecule has 112 valence electrons. The molecule has 2 rings (SSSR count). The van der Waals surface area contributed by atoms with Crippen LogP contribution in [0.3, 0.4) is 0 Å². The van der Waals surface area contributed by atoms with E-state index >= 15 is 0 Å². The highest BCUT2D eigenvalue weighted by Gasteiger charge is 2.12. The Balaban J connectivity index is 2.26. The Bertz CT molecular complexity index is 604. The summed E-state index contributed by atoms with van der Waals surface area (Å²) in [4.78, 5) is 0. The van der Waals surface area contributed by atoms with Crippen LogP contribution in [0.5, 0.6) is 11.5 Å². The minimum absolute atomic E-state index is 0.0142. The predicted molar refractivity (Wildman–Crippen MR) is 76.6 cm³/mol. The molecule has 0 aliphatic rings. The van der Waals surface area contributed by atoms with Crippen molar-refractivity contribution in [2.75, 3.05) is 7.11 Å². The fraction of sp³-hybridized carbons (Fsp3) is 0.200. The molecule has 0 bridgehead atoms. The first kappa shape index (κ1) is 15.5. The van der Waals surface area contributed by atoms with Crippen LogP contribution >= 0.6 is 11.6 Å². The highest BCUT2D eigenvalue weighted by Crippen LogP contribution is 2.35. The maximum atomic E-state index is 13.1. The molecule has 2 N–H and O–H groups in total. The summed E-state index contributed by atoms with van der Waals surface area (Å²) in [5, 5.41) is 0.469. The maximum absolute atomic E-state index is 13.1. The van der Waals surface area contributed by atoms with Crippen molar-refractivity contribution in [2.24, 2.45) is 5.73 Å². The lowest BCUT2D eigenvalue weighted by Crippen LogP contribution is -2.05. The largest absolute Gasteiger partial charge is 0.493 e. The van der Waals surface area contributed by atoms with E-state index in [1.807, 2.05) is 0 Å². The van der Waals surface area contributed by atoms with Gasteiger partial charge in [0.2, 0.25) is 0 Å². The van der Waals surface area contributed by atoms with E-state index in [2.05, 4.69) is 0 Å². The SMILES string of the molecule is COc1cc(Cl)cc(CN)c1OCc1cc(F)cc(F)c1. The van der Waals surface area contributed by atoms with Crippen molar-refractivity contribution in [1.82, 2.24) is 0 Å². The van der Waals surface area contributed by atoms with Gasteiger partial charge >= 0.3 is 0 Å². The number of benzene rings is 2. The molecule has 0 aliphatic heterocycles. The van der Waals surface area contributed by atoms with Gasteiger partial charge in [-0.2, -0.15) is 0 Å². The molecule has 21 heavy (non-hydrogen) atoms. The molecule has 0 unspecified atom stereocenters. The molecule has 0 atom stereocenters. The zero-order valence-corrected chi connectivity index (χ0v) is 12.1. The van der Waals surface area contributed by atoms with Crippen molar-refractivity contribution < 1.29 is 18.3 Å². The van der Waals surface area contributed by atoms with E-state index < -0.39 is 11.6 Å². The van der Waals surface area contributed by atoms with E-state index in [1.165, 1.54) is 19.2 Å². The molecule has 0 aromatic heterocycles. The molecular weight excluding hydrogens is 300 g/mol. The molecule has 0 aliphatic carbocycles. The number of nitrogens with two attached hydrogens (primary N) is 1. The van der Waals surface area contributed by atoms with Crippen LogP contribution < -0.4 is 15.2 Å². The quantitative estimate of drug-likeness (QED) is 0.916. The van der Waals surface area contributed by atoms with E-state index in [0.29, 0.717) is 27.6 Å². The summed E-state index contributed by atoms with van der Waals surface area (Å²) in [5.41, 5.74) is 6.66. The summed E-state index contributed by atoms with van der Waals surface area (Å²) in [6.45, 7) is 0.184. The number of methoxy groups -OCH3 is 1. The summed E-state index contributed by atoms with van der Waals surface area (Å²) in [6.07, 6.45) is 0. The molecular formula is C15H14ClF2NO2. The zero-order chi connectivity index (χ0) is 15.4. The van der Waals surface area contributed by atoms with Crippen molar-refractivity contribution in [3.8, 4) is 11.5 Å². The van der Waals surface area contributed by atoms with Crippen LogP contribution in [0.2, 0.25) is 5.02 Å². The summed E-state index contributed by atoms with van der Waals surface area (Å²) in [5.74, 6) is -0.486. The summed E-state index contributed by atoms with van der Waals surface area (Å²) in [7, 11) is 1.47. The van der Waals surface area contributed by atoms with Gasteiger partial charge in [-0.1, -0.05) is 11.6 Å². The van der Waals surface area contributed by atoms with E-state index in [-0.39, 0.29) is 13.2 Å². The molecule has 0 saturated carbocycles. The molecule has 0 radical (unpaired) electrons. The lowest BCUT2D eigenvalue weighted by atomic mass is 10.1. The van der Waals surface area contributed by atoms with Gasteiger partial charge in [-0.25, -0.2) is 8.78 Å². The molecule has 2 aromatic rings. The van der Waals surface area contributed by atoms with Crippen molar-refractivity contribution in [3.63, 3.8) is 0 Å². The number of halogens is 3. The smallest absolute Gasteiger partial charge is 0.166 e. The highest BCUT2D eigenvalue weighted by molar-refractivity contribution is 6.30. The zero-order valence-electron chi connectivity index (χ0n) is 11.3. The van der Waals surface area contributed by atoms with Gasteiger partial charge in [-0.05, 0) is 23.8 Å². The standard InChI is InChI=1S/C15H14ClF2NO2/c1-20-14-5-11(16)4-10(7-19)15(14)21-8-9-2-12(17)6-13(18)3-9/h2-6H,7-8,19H2,1H3.